The van der Waals surface area contributed by atoms with Crippen molar-refractivity contribution in [2.75, 3.05) is 5.32 Å². The molecule has 0 saturated heterocycles. The highest BCUT2D eigenvalue weighted by Gasteiger charge is 2.11. The first-order chi connectivity index (χ1) is 15.6. The number of ether oxygens (including phenoxy) is 1. The van der Waals surface area contributed by atoms with Crippen molar-refractivity contribution < 1.29 is 9.53 Å². The van der Waals surface area contributed by atoms with E-state index in [0.717, 1.165) is 33.0 Å². The van der Waals surface area contributed by atoms with Crippen molar-refractivity contribution in [3.05, 3.63) is 106 Å². The Morgan fingerprint density at radius 1 is 1.03 bits per heavy atom. The van der Waals surface area contributed by atoms with Gasteiger partial charge in [-0.25, -0.2) is 4.98 Å². The molecule has 0 aliphatic heterocycles. The van der Waals surface area contributed by atoms with Gasteiger partial charge in [0.15, 0.2) is 5.13 Å². The van der Waals surface area contributed by atoms with Gasteiger partial charge in [0, 0.05) is 21.5 Å². The van der Waals surface area contributed by atoms with Crippen LogP contribution >= 0.6 is 22.9 Å². The molecule has 0 bridgehead atoms. The molecule has 0 aliphatic carbocycles. The second-order valence-corrected chi connectivity index (χ2v) is 8.74. The van der Waals surface area contributed by atoms with Gasteiger partial charge >= 0.3 is 0 Å². The fourth-order valence-corrected chi connectivity index (χ4v) is 4.03. The van der Waals surface area contributed by atoms with Gasteiger partial charge in [0.2, 0.25) is 5.91 Å². The number of hydrogen-bond donors (Lipinski definition) is 1. The van der Waals surface area contributed by atoms with Gasteiger partial charge in [0.05, 0.1) is 5.69 Å². The largest absolute Gasteiger partial charge is 0.489 e. The number of halogens is 1. The number of nitrogens with one attached hydrogen (secondary N) is 1. The van der Waals surface area contributed by atoms with Crippen molar-refractivity contribution in [3.8, 4) is 17.0 Å². The molecule has 0 radical (unpaired) electrons. The lowest BCUT2D eigenvalue weighted by Gasteiger charge is -2.06. The third-order valence-electron chi connectivity index (χ3n) is 4.70. The quantitative estimate of drug-likeness (QED) is 0.302. The van der Waals surface area contributed by atoms with E-state index >= 15 is 0 Å². The summed E-state index contributed by atoms with van der Waals surface area (Å²) in [5, 5.41) is 4.07. The molecular weight excluding hydrogens is 440 g/mol. The fraction of sp³-hybridized carbons (Fsp3) is 0.0769. The van der Waals surface area contributed by atoms with Crippen molar-refractivity contribution in [1.29, 1.82) is 0 Å². The van der Waals surface area contributed by atoms with Gasteiger partial charge in [0.25, 0.3) is 0 Å². The fourth-order valence-electron chi connectivity index (χ4n) is 3.06. The minimum absolute atomic E-state index is 0.231. The molecule has 1 heterocycles. The Balaban J connectivity index is 1.33. The number of thiazole rings is 1. The van der Waals surface area contributed by atoms with E-state index in [9.17, 15) is 4.79 Å². The summed E-state index contributed by atoms with van der Waals surface area (Å²) in [6, 6.07) is 25.1. The van der Waals surface area contributed by atoms with Gasteiger partial charge in [-0.1, -0.05) is 66.2 Å². The highest BCUT2D eigenvalue weighted by atomic mass is 35.5. The molecule has 0 unspecified atom stereocenters. The zero-order valence-electron chi connectivity index (χ0n) is 17.4. The Hall–Kier alpha value is -3.41. The average molecular weight is 461 g/mol. The van der Waals surface area contributed by atoms with Crippen LogP contribution in [0.4, 0.5) is 5.13 Å². The van der Waals surface area contributed by atoms with Crippen LogP contribution in [0.2, 0.25) is 5.02 Å². The van der Waals surface area contributed by atoms with Crippen LogP contribution in [0, 0.1) is 6.92 Å². The summed E-state index contributed by atoms with van der Waals surface area (Å²) >= 11 is 7.40. The molecule has 0 saturated carbocycles. The van der Waals surface area contributed by atoms with Crippen molar-refractivity contribution in [2.24, 2.45) is 0 Å². The number of amides is 1. The van der Waals surface area contributed by atoms with Crippen molar-refractivity contribution >= 4 is 40.1 Å². The summed E-state index contributed by atoms with van der Waals surface area (Å²) < 4.78 is 5.79. The minimum Gasteiger partial charge on any atom is -0.489 e. The molecule has 0 atom stereocenters. The van der Waals surface area contributed by atoms with E-state index in [0.29, 0.717) is 16.8 Å². The Labute approximate surface area is 196 Å². The summed E-state index contributed by atoms with van der Waals surface area (Å²) in [5.41, 5.74) is 3.83. The normalized spacial score (nSPS) is 10.9. The van der Waals surface area contributed by atoms with Crippen LogP contribution in [0.25, 0.3) is 17.3 Å². The van der Waals surface area contributed by atoms with Gasteiger partial charge in [-0.2, -0.15) is 0 Å². The summed E-state index contributed by atoms with van der Waals surface area (Å²) in [4.78, 5) is 17.9. The van der Waals surface area contributed by atoms with Crippen LogP contribution in [0.15, 0.2) is 84.9 Å². The molecule has 1 N–H and O–H groups in total. The maximum Gasteiger partial charge on any atom is 0.250 e. The third-order valence-corrected chi connectivity index (χ3v) is 5.84. The zero-order valence-corrected chi connectivity index (χ0v) is 19.0. The number of hydrogen-bond acceptors (Lipinski definition) is 4. The Morgan fingerprint density at radius 2 is 1.75 bits per heavy atom. The van der Waals surface area contributed by atoms with Crippen molar-refractivity contribution in [2.45, 2.75) is 13.5 Å². The Kier molecular flexibility index (Phi) is 7.00. The molecule has 3 aromatic carbocycles. The van der Waals surface area contributed by atoms with Crippen molar-refractivity contribution in [3.63, 3.8) is 0 Å². The molecule has 1 amide bonds. The second kappa shape index (κ2) is 10.3. The van der Waals surface area contributed by atoms with Crippen LogP contribution < -0.4 is 10.1 Å². The van der Waals surface area contributed by atoms with Gasteiger partial charge in [-0.3, -0.25) is 10.1 Å². The first-order valence-electron chi connectivity index (χ1n) is 10.1. The summed E-state index contributed by atoms with van der Waals surface area (Å²) in [6.45, 7) is 2.50. The molecule has 6 heteroatoms. The van der Waals surface area contributed by atoms with Crippen LogP contribution in [0.1, 0.15) is 16.0 Å². The summed E-state index contributed by atoms with van der Waals surface area (Å²) in [7, 11) is 0. The van der Waals surface area contributed by atoms with Crippen LogP contribution in [0.3, 0.4) is 0 Å². The highest BCUT2D eigenvalue weighted by Crippen LogP contribution is 2.31. The molecule has 4 rings (SSSR count). The smallest absolute Gasteiger partial charge is 0.250 e. The number of benzene rings is 3. The maximum absolute atomic E-state index is 12.3. The van der Waals surface area contributed by atoms with E-state index in [1.807, 2.05) is 85.8 Å². The number of aromatic nitrogens is 1. The molecule has 0 spiro atoms. The van der Waals surface area contributed by atoms with E-state index in [4.69, 9.17) is 16.3 Å². The van der Waals surface area contributed by atoms with Crippen LogP contribution in [0.5, 0.6) is 5.75 Å². The van der Waals surface area contributed by atoms with E-state index in [2.05, 4.69) is 10.3 Å². The van der Waals surface area contributed by atoms with E-state index < -0.39 is 0 Å². The van der Waals surface area contributed by atoms with E-state index in [-0.39, 0.29) is 5.91 Å². The minimum atomic E-state index is -0.231. The number of carbonyl (C=O) groups is 1. The lowest BCUT2D eigenvalue weighted by Crippen LogP contribution is -2.07. The molecule has 32 heavy (non-hydrogen) atoms. The van der Waals surface area contributed by atoms with Crippen molar-refractivity contribution in [1.82, 2.24) is 4.98 Å². The molecule has 0 aliphatic rings. The molecular formula is C26H21ClN2O2S. The third kappa shape index (κ3) is 5.84. The lowest BCUT2D eigenvalue weighted by molar-refractivity contribution is -0.111. The topological polar surface area (TPSA) is 51.2 Å². The predicted octanol–water partition coefficient (Wildman–Crippen LogP) is 7.00. The maximum atomic E-state index is 12.3. The molecule has 4 nitrogen and oxygen atoms in total. The summed E-state index contributed by atoms with van der Waals surface area (Å²) in [5.74, 6) is 0.550. The standard InChI is InChI=1S/C26H21ClN2O2S/c1-18-25(21-10-12-22(27)13-11-21)29-26(32-18)28-24(30)16-9-19-7-14-23(15-8-19)31-17-20-5-3-2-4-6-20/h2-16H,17H2,1H3,(H,28,29,30)/b16-9+. The van der Waals surface area contributed by atoms with Gasteiger partial charge in [-0.05, 0) is 48.4 Å². The Morgan fingerprint density at radius 3 is 2.47 bits per heavy atom. The van der Waals surface area contributed by atoms with Gasteiger partial charge < -0.3 is 4.74 Å². The molecule has 1 aromatic heterocycles. The van der Waals surface area contributed by atoms with Gasteiger partial charge in [0.1, 0.15) is 12.4 Å². The molecule has 4 aromatic rings. The number of rotatable bonds is 7. The predicted molar refractivity (Wildman–Crippen MR) is 132 cm³/mol. The van der Waals surface area contributed by atoms with Crippen LogP contribution in [-0.2, 0) is 11.4 Å². The van der Waals surface area contributed by atoms with Gasteiger partial charge in [-0.15, -0.1) is 11.3 Å². The molecule has 0 fully saturated rings. The zero-order chi connectivity index (χ0) is 22.3. The first-order valence-corrected chi connectivity index (χ1v) is 11.3. The highest BCUT2D eigenvalue weighted by molar-refractivity contribution is 7.16. The Bertz CT molecular complexity index is 1220. The molecule has 160 valence electrons. The van der Waals surface area contributed by atoms with E-state index in [1.165, 1.54) is 17.4 Å². The summed E-state index contributed by atoms with van der Waals surface area (Å²) in [6.07, 6.45) is 3.26. The second-order valence-electron chi connectivity index (χ2n) is 7.10. The van der Waals surface area contributed by atoms with Crippen LogP contribution in [-0.4, -0.2) is 10.9 Å². The first kappa shape index (κ1) is 21.8. The SMILES string of the molecule is Cc1sc(NC(=O)/C=C/c2ccc(OCc3ccccc3)cc2)nc1-c1ccc(Cl)cc1. The lowest BCUT2D eigenvalue weighted by atomic mass is 10.1. The van der Waals surface area contributed by atoms with E-state index in [1.54, 1.807) is 6.08 Å². The number of nitrogens with zero attached hydrogens (tertiary/aromatic N) is 1. The number of aryl methyl sites for hydroxylation is 1. The number of anilines is 1. The average Bonchev–Trinajstić information content (AvgIpc) is 3.18. The monoisotopic (exact) mass is 460 g/mol. The number of carbonyl (C=O) groups excluding carboxylic acids is 1.